The second kappa shape index (κ2) is 12.7. The Labute approximate surface area is 242 Å². The number of nitrogens with zero attached hydrogens (tertiary/aromatic N) is 5. The maximum Gasteiger partial charge on any atom is 0.410 e. The number of fused-ring (bicyclic) bond motifs is 1. The summed E-state index contributed by atoms with van der Waals surface area (Å²) in [5.74, 6) is 0. The lowest BCUT2D eigenvalue weighted by molar-refractivity contribution is 0.0189. The summed E-state index contributed by atoms with van der Waals surface area (Å²) in [7, 11) is -3.22. The number of amides is 1. The van der Waals surface area contributed by atoms with Gasteiger partial charge in [-0.15, -0.1) is 0 Å². The first-order chi connectivity index (χ1) is 19.5. The van der Waals surface area contributed by atoms with Crippen molar-refractivity contribution >= 4 is 46.6 Å². The number of benzene rings is 3. The highest BCUT2D eigenvalue weighted by Gasteiger charge is 2.29. The zero-order valence-corrected chi connectivity index (χ0v) is 24.8. The van der Waals surface area contributed by atoms with Gasteiger partial charge in [0.1, 0.15) is 5.60 Å². The molecule has 12 heteroatoms. The minimum absolute atomic E-state index is 0.0448. The predicted molar refractivity (Wildman–Crippen MR) is 163 cm³/mol. The minimum atomic E-state index is -3.22. The van der Waals surface area contributed by atoms with Crippen LogP contribution < -0.4 is 16.3 Å². The van der Waals surface area contributed by atoms with Gasteiger partial charge in [0.15, 0.2) is 0 Å². The first-order valence-corrected chi connectivity index (χ1v) is 15.2. The van der Waals surface area contributed by atoms with Crippen LogP contribution in [0.3, 0.4) is 0 Å². The van der Waals surface area contributed by atoms with Crippen LogP contribution in [-0.4, -0.2) is 39.2 Å². The van der Waals surface area contributed by atoms with Gasteiger partial charge in [0.05, 0.1) is 16.1 Å². The second-order valence-electron chi connectivity index (χ2n) is 10.6. The maximum absolute atomic E-state index is 12.8. The van der Waals surface area contributed by atoms with Crippen LogP contribution in [0.4, 0.5) is 4.79 Å². The Morgan fingerprint density at radius 1 is 1.00 bits per heavy atom. The molecule has 0 atom stereocenters. The lowest BCUT2D eigenvalue weighted by Crippen LogP contribution is -2.43. The maximum atomic E-state index is 12.8. The van der Waals surface area contributed by atoms with Crippen molar-refractivity contribution in [1.82, 2.24) is 14.5 Å². The molecule has 1 N–H and O–H groups in total. The van der Waals surface area contributed by atoms with Crippen LogP contribution in [0.25, 0.3) is 21.5 Å². The highest BCUT2D eigenvalue weighted by Crippen LogP contribution is 2.44. The van der Waals surface area contributed by atoms with E-state index in [9.17, 15) is 14.2 Å². The monoisotopic (exact) mass is 594 g/mol. The molecular formula is C29H32ClN6O4P. The van der Waals surface area contributed by atoms with Crippen LogP contribution in [0.1, 0.15) is 39.7 Å². The number of hydrogen-bond acceptors (Lipinski definition) is 4. The van der Waals surface area contributed by atoms with Gasteiger partial charge in [-0.2, -0.15) is 0 Å². The topological polar surface area (TPSA) is 133 Å². The first kappa shape index (κ1) is 30.0. The molecule has 0 unspecified atom stereocenters. The molecule has 0 spiro atoms. The highest BCUT2D eigenvalue weighted by molar-refractivity contribution is 7.77. The third-order valence-electron chi connectivity index (χ3n) is 6.56. The van der Waals surface area contributed by atoms with Crippen LogP contribution in [-0.2, 0) is 9.30 Å². The zero-order valence-electron chi connectivity index (χ0n) is 23.1. The number of aromatic nitrogens is 2. The molecule has 1 amide bonds. The van der Waals surface area contributed by atoms with Crippen molar-refractivity contribution in [3.05, 3.63) is 105 Å². The van der Waals surface area contributed by atoms with E-state index < -0.39 is 12.9 Å². The van der Waals surface area contributed by atoms with Crippen molar-refractivity contribution in [2.24, 2.45) is 4.88 Å². The highest BCUT2D eigenvalue weighted by atomic mass is 35.5. The van der Waals surface area contributed by atoms with E-state index in [4.69, 9.17) is 21.9 Å². The molecular weight excluding hydrogens is 563 g/mol. The number of nitrogens with one attached hydrogen (secondary N) is 1. The first-order valence-electron chi connectivity index (χ1n) is 13.2. The van der Waals surface area contributed by atoms with Crippen LogP contribution in [0.2, 0.25) is 5.02 Å². The normalized spacial score (nSPS) is 14.1. The lowest BCUT2D eigenvalue weighted by atomic mass is 10.0. The molecule has 214 valence electrons. The fourth-order valence-electron chi connectivity index (χ4n) is 4.68. The number of carbonyl (C=O) groups is 1. The van der Waals surface area contributed by atoms with Crippen molar-refractivity contribution in [2.75, 3.05) is 13.1 Å². The molecule has 1 aromatic heterocycles. The van der Waals surface area contributed by atoms with Gasteiger partial charge >= 0.3 is 11.8 Å². The summed E-state index contributed by atoms with van der Waals surface area (Å²) >= 11 is 6.15. The fourth-order valence-corrected chi connectivity index (χ4v) is 6.66. The molecule has 4 aromatic rings. The van der Waals surface area contributed by atoms with Crippen LogP contribution in [0, 0.1) is 0 Å². The van der Waals surface area contributed by atoms with Gasteiger partial charge in [-0.05, 0) is 56.2 Å². The predicted octanol–water partition coefficient (Wildman–Crippen LogP) is 6.78. The Balaban J connectivity index is 0.000000201. The molecule has 5 rings (SSSR count). The van der Waals surface area contributed by atoms with Crippen LogP contribution in [0.5, 0.6) is 0 Å². The Hall–Kier alpha value is -3.97. The number of ether oxygens (including phenoxy) is 1. The molecule has 3 aromatic carbocycles. The van der Waals surface area contributed by atoms with Gasteiger partial charge in [-0.1, -0.05) is 78.3 Å². The van der Waals surface area contributed by atoms with Crippen molar-refractivity contribution in [1.29, 1.82) is 0 Å². The Bertz CT molecular complexity index is 1610. The van der Waals surface area contributed by atoms with E-state index in [1.807, 2.05) is 45.0 Å². The molecule has 41 heavy (non-hydrogen) atoms. The quantitative estimate of drug-likeness (QED) is 0.121. The number of hydrogen-bond donors (Lipinski definition) is 1. The Morgan fingerprint density at radius 2 is 1.56 bits per heavy atom. The third kappa shape index (κ3) is 7.03. The average molecular weight is 595 g/mol. The number of rotatable bonds is 4. The Kier molecular flexibility index (Phi) is 9.28. The molecule has 0 bridgehead atoms. The molecule has 1 aliphatic rings. The summed E-state index contributed by atoms with van der Waals surface area (Å²) < 4.78 is 20.0. The molecule has 10 nitrogen and oxygen atoms in total. The summed E-state index contributed by atoms with van der Waals surface area (Å²) in [5, 5.41) is 1.63. The molecule has 2 heterocycles. The number of piperidine rings is 1. The van der Waals surface area contributed by atoms with Gasteiger partial charge in [0.25, 0.3) is 0 Å². The van der Waals surface area contributed by atoms with Gasteiger partial charge in [-0.25, -0.2) is 9.59 Å². The van der Waals surface area contributed by atoms with E-state index >= 15 is 0 Å². The number of aromatic amines is 1. The summed E-state index contributed by atoms with van der Waals surface area (Å²) in [5.41, 5.74) is 9.42. The van der Waals surface area contributed by atoms with Gasteiger partial charge in [0.2, 0.25) is 7.29 Å². The van der Waals surface area contributed by atoms with Crippen molar-refractivity contribution < 1.29 is 14.1 Å². The number of azide groups is 1. The molecule has 1 aliphatic heterocycles. The van der Waals surface area contributed by atoms with Gasteiger partial charge in [0, 0.05) is 34.7 Å². The van der Waals surface area contributed by atoms with Crippen molar-refractivity contribution in [3.8, 4) is 0 Å². The fraction of sp³-hybridized carbons (Fsp3) is 0.310. The average Bonchev–Trinajstić information content (AvgIpc) is 3.30. The summed E-state index contributed by atoms with van der Waals surface area (Å²) in [4.78, 5) is 35.3. The second-order valence-corrected chi connectivity index (χ2v) is 13.3. The number of halogens is 1. The largest absolute Gasteiger partial charge is 0.444 e. The van der Waals surface area contributed by atoms with E-state index in [0.29, 0.717) is 47.1 Å². The molecule has 1 saturated heterocycles. The van der Waals surface area contributed by atoms with Crippen molar-refractivity contribution in [3.63, 3.8) is 0 Å². The standard InChI is InChI=1S/C17H22ClN3O3.C12H10N3OP/c1-17(2,3)24-16(23)20-9-7-11(8-10-20)21-13-6-4-5-12(18)14(13)19-15(21)22;13-14-15-17(16,11-7-3-1-4-8-11)12-9-5-2-6-10-12/h4-6,11H,7-10H2,1-3H3,(H,19,22);1-10H. The zero-order chi connectivity index (χ0) is 29.6. The van der Waals surface area contributed by atoms with Crippen LogP contribution in [0.15, 0.2) is 88.5 Å². The van der Waals surface area contributed by atoms with Gasteiger partial charge in [-0.3, -0.25) is 4.57 Å². The van der Waals surface area contributed by atoms with E-state index in [2.05, 4.69) is 14.8 Å². The smallest absolute Gasteiger partial charge is 0.410 e. The number of carbonyl (C=O) groups excluding carboxylic acids is 1. The van der Waals surface area contributed by atoms with Crippen molar-refractivity contribution in [2.45, 2.75) is 45.3 Å². The summed E-state index contributed by atoms with van der Waals surface area (Å²) in [6, 6.07) is 23.1. The molecule has 0 saturated carbocycles. The third-order valence-corrected chi connectivity index (χ3v) is 9.20. The minimum Gasteiger partial charge on any atom is -0.444 e. The Morgan fingerprint density at radius 3 is 2.07 bits per heavy atom. The lowest BCUT2D eigenvalue weighted by Gasteiger charge is -2.33. The SMILES string of the molecule is CC(C)(C)OC(=O)N1CCC(n2c(=O)[nH]c3c(Cl)cccc32)CC1.[N-]=[N+]=NP(=O)(c1ccccc1)c1ccccc1. The van der Waals surface area contributed by atoms with Gasteiger partial charge < -0.3 is 19.2 Å². The number of H-pyrrole nitrogens is 1. The summed E-state index contributed by atoms with van der Waals surface area (Å²) in [6.45, 7) is 6.70. The van der Waals surface area contributed by atoms with E-state index in [1.54, 1.807) is 64.1 Å². The number of likely N-dealkylation sites (tertiary alicyclic amines) is 1. The van der Waals surface area contributed by atoms with E-state index in [-0.39, 0.29) is 17.8 Å². The molecule has 1 fully saturated rings. The molecule has 0 radical (unpaired) electrons. The summed E-state index contributed by atoms with van der Waals surface area (Å²) in [6.07, 6.45) is 1.12. The van der Waals surface area contributed by atoms with E-state index in [1.165, 1.54) is 0 Å². The van der Waals surface area contributed by atoms with E-state index in [0.717, 1.165) is 5.52 Å². The van der Waals surface area contributed by atoms with Crippen LogP contribution >= 0.6 is 18.9 Å². The number of para-hydroxylation sites is 1. The number of imidazole rings is 1. The molecule has 0 aliphatic carbocycles.